The van der Waals surface area contributed by atoms with Crippen LogP contribution in [0.3, 0.4) is 0 Å². The molecule has 36 heavy (non-hydrogen) atoms. The number of fused-ring (bicyclic) bond motifs is 6. The Labute approximate surface area is 215 Å². The van der Waals surface area contributed by atoms with Crippen LogP contribution in [-0.4, -0.2) is 56.9 Å². The number of nitrogens with one attached hydrogen (secondary N) is 2. The van der Waals surface area contributed by atoms with Crippen molar-refractivity contribution in [3.8, 4) is 0 Å². The Morgan fingerprint density at radius 2 is 1.92 bits per heavy atom. The molecule has 0 radical (unpaired) electrons. The highest BCUT2D eigenvalue weighted by atomic mass is 32.2. The fourth-order valence-electron chi connectivity index (χ4n) is 7.07. The highest BCUT2D eigenvalue weighted by molar-refractivity contribution is 7.91. The maximum absolute atomic E-state index is 14.0. The molecule has 3 heterocycles. The number of carbonyl (C=O) groups excluding carboxylic acids is 1. The van der Waals surface area contributed by atoms with Gasteiger partial charge in [-0.3, -0.25) is 4.79 Å². The number of amides is 1. The van der Waals surface area contributed by atoms with Crippen LogP contribution in [0.1, 0.15) is 56.9 Å². The van der Waals surface area contributed by atoms with Gasteiger partial charge in [0, 0.05) is 30.1 Å². The molecule has 3 N–H and O–H groups in total. The first-order chi connectivity index (χ1) is 17.0. The van der Waals surface area contributed by atoms with Gasteiger partial charge in [-0.1, -0.05) is 19.3 Å². The average molecular weight is 555 g/mol. The van der Waals surface area contributed by atoms with Crippen molar-refractivity contribution in [1.82, 2.24) is 9.62 Å². The Morgan fingerprint density at radius 3 is 2.64 bits per heavy atom. The van der Waals surface area contributed by atoms with Gasteiger partial charge >= 0.3 is 0 Å². The first kappa shape index (κ1) is 24.4. The van der Waals surface area contributed by atoms with E-state index in [0.717, 1.165) is 69.0 Å². The minimum absolute atomic E-state index is 0.0325. The summed E-state index contributed by atoms with van der Waals surface area (Å²) >= 11 is 1.10. The molecule has 3 aliphatic carbocycles. The molecular formula is C23H30N4O6S3. The number of amidine groups is 1. The normalized spacial score (nSPS) is 31.8. The predicted octanol–water partition coefficient (Wildman–Crippen LogP) is 2.71. The monoisotopic (exact) mass is 554 g/mol. The molecule has 2 aliphatic heterocycles. The fraction of sp³-hybridized carbons (Fsp3) is 0.652. The number of hydrogen-bond donors (Lipinski definition) is 3. The van der Waals surface area contributed by atoms with Gasteiger partial charge in [0.15, 0.2) is 5.84 Å². The molecule has 196 valence electrons. The van der Waals surface area contributed by atoms with Crippen LogP contribution >= 0.6 is 11.3 Å². The lowest BCUT2D eigenvalue weighted by Crippen LogP contribution is -2.58. The SMILES string of the molecule is CS(=O)(=O)NCc1csc2c1S(=O)(=O)N=C(C1=C(O)[C@@H]3[C@H]4CC[C@H](C4)[C@@H]3N(C3CCCCC3)C1=O)N2. The molecule has 1 amide bonds. The van der Waals surface area contributed by atoms with Crippen molar-refractivity contribution in [3.05, 3.63) is 22.3 Å². The highest BCUT2D eigenvalue weighted by Gasteiger charge is 2.58. The molecule has 0 saturated heterocycles. The summed E-state index contributed by atoms with van der Waals surface area (Å²) in [6.45, 7) is -0.189. The van der Waals surface area contributed by atoms with Crippen LogP contribution in [0.2, 0.25) is 0 Å². The number of carbonyl (C=O) groups is 1. The van der Waals surface area contributed by atoms with Gasteiger partial charge in [0.25, 0.3) is 15.9 Å². The van der Waals surface area contributed by atoms with Gasteiger partial charge in [-0.05, 0) is 49.3 Å². The van der Waals surface area contributed by atoms with E-state index in [9.17, 15) is 26.7 Å². The number of sulfonamides is 2. The van der Waals surface area contributed by atoms with Crippen LogP contribution < -0.4 is 10.0 Å². The third-order valence-corrected chi connectivity index (χ3v) is 11.6. The van der Waals surface area contributed by atoms with E-state index in [0.29, 0.717) is 5.92 Å². The molecule has 3 saturated carbocycles. The van der Waals surface area contributed by atoms with Crippen molar-refractivity contribution in [1.29, 1.82) is 0 Å². The smallest absolute Gasteiger partial charge is 0.287 e. The van der Waals surface area contributed by atoms with E-state index in [1.807, 2.05) is 4.90 Å². The fourth-order valence-corrected chi connectivity index (χ4v) is 10.1. The van der Waals surface area contributed by atoms with Crippen molar-refractivity contribution in [2.75, 3.05) is 11.6 Å². The van der Waals surface area contributed by atoms with Gasteiger partial charge in [0.05, 0.1) is 6.26 Å². The maximum Gasteiger partial charge on any atom is 0.287 e. The number of anilines is 1. The summed E-state index contributed by atoms with van der Waals surface area (Å²) in [4.78, 5) is 15.9. The lowest BCUT2D eigenvalue weighted by Gasteiger charge is -2.48. The number of nitrogens with zero attached hydrogens (tertiary/aromatic N) is 2. The zero-order chi connectivity index (χ0) is 25.4. The van der Waals surface area contributed by atoms with Crippen LogP contribution in [-0.2, 0) is 31.4 Å². The number of aliphatic hydroxyl groups excluding tert-OH is 1. The summed E-state index contributed by atoms with van der Waals surface area (Å²) in [6, 6.07) is 0.0582. The second-order valence-electron chi connectivity index (χ2n) is 10.7. The van der Waals surface area contributed by atoms with Crippen molar-refractivity contribution in [3.63, 3.8) is 0 Å². The molecule has 1 aromatic heterocycles. The molecule has 13 heteroatoms. The highest BCUT2D eigenvalue weighted by Crippen LogP contribution is 2.56. The Kier molecular flexibility index (Phi) is 5.78. The number of aliphatic hydroxyl groups is 1. The van der Waals surface area contributed by atoms with E-state index >= 15 is 0 Å². The summed E-state index contributed by atoms with van der Waals surface area (Å²) in [7, 11) is -7.76. The van der Waals surface area contributed by atoms with Crippen molar-refractivity contribution < 1.29 is 26.7 Å². The van der Waals surface area contributed by atoms with Crippen LogP contribution in [0, 0.1) is 17.8 Å². The Hall–Kier alpha value is -1.96. The molecule has 3 fully saturated rings. The zero-order valence-electron chi connectivity index (χ0n) is 19.9. The van der Waals surface area contributed by atoms with Gasteiger partial charge in [0.2, 0.25) is 10.0 Å². The Morgan fingerprint density at radius 1 is 1.19 bits per heavy atom. The summed E-state index contributed by atoms with van der Waals surface area (Å²) in [5.74, 6) is -0.0611. The molecule has 4 atom stereocenters. The zero-order valence-corrected chi connectivity index (χ0v) is 22.4. The average Bonchev–Trinajstić information content (AvgIpc) is 3.53. The Bertz CT molecular complexity index is 1390. The maximum atomic E-state index is 14.0. The van der Waals surface area contributed by atoms with E-state index in [1.54, 1.807) is 5.38 Å². The van der Waals surface area contributed by atoms with E-state index in [-0.39, 0.29) is 69.0 Å². The van der Waals surface area contributed by atoms with Gasteiger partial charge in [-0.25, -0.2) is 13.1 Å². The molecule has 0 spiro atoms. The molecular weight excluding hydrogens is 524 g/mol. The summed E-state index contributed by atoms with van der Waals surface area (Å²) < 4.78 is 55.8. The quantitative estimate of drug-likeness (QED) is 0.507. The molecule has 5 aliphatic rings. The second-order valence-corrected chi connectivity index (χ2v) is 14.9. The first-order valence-electron chi connectivity index (χ1n) is 12.5. The largest absolute Gasteiger partial charge is 0.511 e. The minimum atomic E-state index is -4.23. The number of thiophene rings is 1. The van der Waals surface area contributed by atoms with Crippen LogP contribution in [0.15, 0.2) is 26.0 Å². The van der Waals surface area contributed by atoms with E-state index in [1.165, 1.54) is 0 Å². The summed E-state index contributed by atoms with van der Waals surface area (Å²) in [5, 5.41) is 16.3. The lowest BCUT2D eigenvalue weighted by atomic mass is 9.76. The minimum Gasteiger partial charge on any atom is -0.511 e. The topological polar surface area (TPSA) is 145 Å². The molecule has 0 unspecified atom stereocenters. The molecule has 2 bridgehead atoms. The van der Waals surface area contributed by atoms with Gasteiger partial charge in [-0.15, -0.1) is 15.7 Å². The molecule has 0 aromatic carbocycles. The van der Waals surface area contributed by atoms with Crippen LogP contribution in [0.25, 0.3) is 0 Å². The molecule has 1 aromatic rings. The summed E-state index contributed by atoms with van der Waals surface area (Å²) in [5.41, 5.74) is 0.244. The molecule has 10 nitrogen and oxygen atoms in total. The predicted molar refractivity (Wildman–Crippen MR) is 136 cm³/mol. The van der Waals surface area contributed by atoms with Gasteiger partial charge < -0.3 is 15.3 Å². The van der Waals surface area contributed by atoms with E-state index < -0.39 is 20.0 Å². The van der Waals surface area contributed by atoms with Gasteiger partial charge in [-0.2, -0.15) is 8.42 Å². The summed E-state index contributed by atoms with van der Waals surface area (Å²) in [6.07, 6.45) is 9.14. The second kappa shape index (κ2) is 8.53. The third-order valence-electron chi connectivity index (χ3n) is 8.46. The number of hydrogen-bond acceptors (Lipinski definition) is 8. The van der Waals surface area contributed by atoms with Gasteiger partial charge in [0.1, 0.15) is 21.2 Å². The standard InChI is InChI=1S/C23H30N4O6S3/c1-35(30,31)24-10-14-11-34-22-20(14)36(32,33)26-21(25-22)17-19(28)16-12-7-8-13(9-12)18(16)27(23(17)29)15-5-3-2-4-6-15/h11-13,15-16,18,24,28H,2-10H2,1H3,(H,25,26)/t12-,13+,16+,18-/m0/s1. The Balaban J connectivity index is 1.40. The van der Waals surface area contributed by atoms with Crippen LogP contribution in [0.4, 0.5) is 5.00 Å². The van der Waals surface area contributed by atoms with E-state index in [2.05, 4.69) is 14.4 Å². The van der Waals surface area contributed by atoms with Crippen molar-refractivity contribution in [2.24, 2.45) is 22.2 Å². The van der Waals surface area contributed by atoms with E-state index in [4.69, 9.17) is 0 Å². The van der Waals surface area contributed by atoms with Crippen LogP contribution in [0.5, 0.6) is 0 Å². The van der Waals surface area contributed by atoms with Crippen molar-refractivity contribution in [2.45, 2.75) is 74.9 Å². The lowest BCUT2D eigenvalue weighted by molar-refractivity contribution is -0.137. The third kappa shape index (κ3) is 3.89. The van der Waals surface area contributed by atoms with Crippen molar-refractivity contribution >= 4 is 48.1 Å². The molecule has 6 rings (SSSR count). The number of rotatable bonds is 5. The first-order valence-corrected chi connectivity index (χ1v) is 16.7.